The first kappa shape index (κ1) is 22.3. The van der Waals surface area contributed by atoms with Crippen molar-refractivity contribution in [2.24, 2.45) is 0 Å². The van der Waals surface area contributed by atoms with Gasteiger partial charge >= 0.3 is 0 Å². The van der Waals surface area contributed by atoms with E-state index in [0.29, 0.717) is 61.2 Å². The van der Waals surface area contributed by atoms with E-state index in [1.54, 1.807) is 64.2 Å². The first-order valence-corrected chi connectivity index (χ1v) is 10.7. The molecule has 1 aliphatic heterocycles. The molecule has 1 saturated heterocycles. The number of nitrogens with zero attached hydrogens (tertiary/aromatic N) is 6. The number of piperazine rings is 1. The van der Waals surface area contributed by atoms with E-state index in [9.17, 15) is 9.59 Å². The topological polar surface area (TPSA) is 103 Å². The molecule has 0 unspecified atom stereocenters. The molecule has 10 heteroatoms. The Morgan fingerprint density at radius 3 is 2.09 bits per heavy atom. The van der Waals surface area contributed by atoms with Crippen LogP contribution in [-0.4, -0.2) is 82.0 Å². The van der Waals surface area contributed by atoms with E-state index in [0.717, 1.165) is 5.69 Å². The fraction of sp³-hybridized carbons (Fsp3) is 0.348. The van der Waals surface area contributed by atoms with Gasteiger partial charge in [0.15, 0.2) is 5.82 Å². The summed E-state index contributed by atoms with van der Waals surface area (Å²) in [5, 5.41) is 12.5. The van der Waals surface area contributed by atoms with Crippen LogP contribution in [0.5, 0.6) is 11.6 Å². The zero-order valence-corrected chi connectivity index (χ0v) is 18.9. The highest BCUT2D eigenvalue weighted by molar-refractivity contribution is 5.96. The molecule has 4 rings (SSSR count). The third-order valence-corrected chi connectivity index (χ3v) is 5.68. The first-order valence-electron chi connectivity index (χ1n) is 10.7. The summed E-state index contributed by atoms with van der Waals surface area (Å²) in [6, 6.07) is 10.5. The molecule has 1 aromatic carbocycles. The van der Waals surface area contributed by atoms with Crippen molar-refractivity contribution in [1.82, 2.24) is 29.8 Å². The average Bonchev–Trinajstić information content (AvgIpc) is 3.32. The molecule has 0 radical (unpaired) electrons. The van der Waals surface area contributed by atoms with Crippen LogP contribution in [0.3, 0.4) is 0 Å². The van der Waals surface area contributed by atoms with Crippen molar-refractivity contribution < 1.29 is 19.1 Å². The van der Waals surface area contributed by atoms with Crippen LogP contribution in [0.25, 0.3) is 5.82 Å². The highest BCUT2D eigenvalue weighted by atomic mass is 16.5. The van der Waals surface area contributed by atoms with Crippen LogP contribution >= 0.6 is 0 Å². The normalized spacial score (nSPS) is 13.7. The number of carbonyl (C=O) groups is 2. The Labute approximate surface area is 191 Å². The second-order valence-corrected chi connectivity index (χ2v) is 7.52. The molecule has 2 amide bonds. The molecule has 0 saturated carbocycles. The van der Waals surface area contributed by atoms with Gasteiger partial charge in [-0.25, -0.2) is 4.68 Å². The number of hydrogen-bond donors (Lipinski definition) is 0. The van der Waals surface area contributed by atoms with Crippen LogP contribution in [-0.2, 0) is 6.42 Å². The predicted molar refractivity (Wildman–Crippen MR) is 120 cm³/mol. The summed E-state index contributed by atoms with van der Waals surface area (Å²) in [4.78, 5) is 29.6. The van der Waals surface area contributed by atoms with Gasteiger partial charge in [-0.15, -0.1) is 10.2 Å². The lowest BCUT2D eigenvalue weighted by molar-refractivity contribution is 0.0535. The Morgan fingerprint density at radius 1 is 0.879 bits per heavy atom. The van der Waals surface area contributed by atoms with Gasteiger partial charge in [-0.05, 0) is 36.8 Å². The van der Waals surface area contributed by atoms with Gasteiger partial charge in [0.25, 0.3) is 11.8 Å². The molecule has 3 heterocycles. The van der Waals surface area contributed by atoms with Crippen LogP contribution < -0.4 is 9.47 Å². The van der Waals surface area contributed by atoms with E-state index in [1.165, 1.54) is 7.11 Å². The molecule has 0 bridgehead atoms. The summed E-state index contributed by atoms with van der Waals surface area (Å²) in [6.45, 7) is 3.81. The predicted octanol–water partition coefficient (Wildman–Crippen LogP) is 1.84. The molecule has 3 aromatic rings. The maximum atomic E-state index is 13.2. The largest absolute Gasteiger partial charge is 0.497 e. The van der Waals surface area contributed by atoms with Crippen molar-refractivity contribution in [3.63, 3.8) is 0 Å². The summed E-state index contributed by atoms with van der Waals surface area (Å²) in [7, 11) is 3.11. The van der Waals surface area contributed by atoms with Crippen LogP contribution in [0.15, 0.2) is 42.6 Å². The third kappa shape index (κ3) is 4.50. The maximum absolute atomic E-state index is 13.2. The van der Waals surface area contributed by atoms with E-state index in [4.69, 9.17) is 9.47 Å². The van der Waals surface area contributed by atoms with Gasteiger partial charge in [-0.2, -0.15) is 5.10 Å². The summed E-state index contributed by atoms with van der Waals surface area (Å²) in [6.07, 6.45) is 2.17. The number of benzene rings is 1. The van der Waals surface area contributed by atoms with Crippen molar-refractivity contribution >= 4 is 11.8 Å². The second-order valence-electron chi connectivity index (χ2n) is 7.52. The molecular weight excluding hydrogens is 424 g/mol. The van der Waals surface area contributed by atoms with Gasteiger partial charge in [0, 0.05) is 37.8 Å². The van der Waals surface area contributed by atoms with Gasteiger partial charge < -0.3 is 19.3 Å². The minimum atomic E-state index is -0.101. The number of hydrogen-bond acceptors (Lipinski definition) is 7. The highest BCUT2D eigenvalue weighted by Crippen LogP contribution is 2.19. The molecule has 0 aliphatic carbocycles. The molecule has 10 nitrogen and oxygen atoms in total. The molecule has 1 fully saturated rings. The summed E-state index contributed by atoms with van der Waals surface area (Å²) < 4.78 is 11.8. The highest BCUT2D eigenvalue weighted by Gasteiger charge is 2.28. The molecular formula is C23H26N6O4. The lowest BCUT2D eigenvalue weighted by atomic mass is 10.1. The standard InChI is InChI=1S/C23H26N6O4/c1-4-19-18(15-24-29(19)20-9-10-21(33-3)26-25-20)23(31)28-13-11-27(12-14-28)22(30)16-5-7-17(32-2)8-6-16/h5-10,15H,4,11-14H2,1-3H3. The van der Waals surface area contributed by atoms with Crippen molar-refractivity contribution in [2.45, 2.75) is 13.3 Å². The Hall–Kier alpha value is -3.95. The second kappa shape index (κ2) is 9.68. The lowest BCUT2D eigenvalue weighted by Crippen LogP contribution is -2.50. The van der Waals surface area contributed by atoms with Gasteiger partial charge in [0.2, 0.25) is 5.88 Å². The molecule has 33 heavy (non-hydrogen) atoms. The Bertz CT molecular complexity index is 1120. The van der Waals surface area contributed by atoms with E-state index >= 15 is 0 Å². The number of ether oxygens (including phenoxy) is 2. The fourth-order valence-electron chi connectivity index (χ4n) is 3.82. The summed E-state index contributed by atoms with van der Waals surface area (Å²) >= 11 is 0. The molecule has 172 valence electrons. The van der Waals surface area contributed by atoms with Gasteiger partial charge in [-0.1, -0.05) is 6.92 Å². The SMILES string of the molecule is CCc1c(C(=O)N2CCN(C(=O)c3ccc(OC)cc3)CC2)cnn1-c1ccc(OC)nn1. The summed E-state index contributed by atoms with van der Waals surface area (Å²) in [5.74, 6) is 1.47. The van der Waals surface area contributed by atoms with Crippen LogP contribution in [0.2, 0.25) is 0 Å². The quantitative estimate of drug-likeness (QED) is 0.565. The number of methoxy groups -OCH3 is 2. The number of amides is 2. The van der Waals surface area contributed by atoms with Crippen LogP contribution in [0.1, 0.15) is 33.3 Å². The van der Waals surface area contributed by atoms with Crippen molar-refractivity contribution in [3.05, 3.63) is 59.4 Å². The lowest BCUT2D eigenvalue weighted by Gasteiger charge is -2.34. The van der Waals surface area contributed by atoms with Gasteiger partial charge in [0.05, 0.1) is 31.7 Å². The Balaban J connectivity index is 1.44. The zero-order chi connectivity index (χ0) is 23.4. The van der Waals surface area contributed by atoms with Gasteiger partial charge in [-0.3, -0.25) is 9.59 Å². The van der Waals surface area contributed by atoms with E-state index in [-0.39, 0.29) is 11.8 Å². The minimum absolute atomic E-state index is 0.0510. The maximum Gasteiger partial charge on any atom is 0.257 e. The first-order chi connectivity index (χ1) is 16.0. The number of rotatable bonds is 6. The van der Waals surface area contributed by atoms with E-state index in [1.807, 2.05) is 6.92 Å². The van der Waals surface area contributed by atoms with Crippen molar-refractivity contribution in [1.29, 1.82) is 0 Å². The van der Waals surface area contributed by atoms with Crippen LogP contribution in [0, 0.1) is 0 Å². The minimum Gasteiger partial charge on any atom is -0.497 e. The van der Waals surface area contributed by atoms with Crippen molar-refractivity contribution in [3.8, 4) is 17.4 Å². The Morgan fingerprint density at radius 2 is 1.55 bits per heavy atom. The smallest absolute Gasteiger partial charge is 0.257 e. The molecule has 1 aliphatic rings. The summed E-state index contributed by atoms with van der Waals surface area (Å²) in [5.41, 5.74) is 1.90. The number of aromatic nitrogens is 4. The van der Waals surface area contributed by atoms with Gasteiger partial charge in [0.1, 0.15) is 5.75 Å². The van der Waals surface area contributed by atoms with Crippen molar-refractivity contribution in [2.75, 3.05) is 40.4 Å². The van der Waals surface area contributed by atoms with Crippen LogP contribution in [0.4, 0.5) is 0 Å². The number of carbonyl (C=O) groups excluding carboxylic acids is 2. The fourth-order valence-corrected chi connectivity index (χ4v) is 3.82. The molecule has 2 aromatic heterocycles. The zero-order valence-electron chi connectivity index (χ0n) is 18.9. The third-order valence-electron chi connectivity index (χ3n) is 5.68. The molecule has 0 N–H and O–H groups in total. The van der Waals surface area contributed by atoms with E-state index in [2.05, 4.69) is 15.3 Å². The Kier molecular flexibility index (Phi) is 6.53. The average molecular weight is 450 g/mol. The monoisotopic (exact) mass is 450 g/mol. The molecule has 0 atom stereocenters. The van der Waals surface area contributed by atoms with E-state index < -0.39 is 0 Å². The molecule has 0 spiro atoms.